The molecule has 0 bridgehead atoms. The molecule has 19 heteroatoms. The molecule has 16 rings (SSSR count). The number of nitrogens with one attached hydrogen (secondary N) is 3. The molecule has 6 fully saturated rings. The predicted molar refractivity (Wildman–Crippen MR) is 407 cm³/mol. The van der Waals surface area contributed by atoms with Gasteiger partial charge in [0.25, 0.3) is 0 Å². The van der Waals surface area contributed by atoms with Gasteiger partial charge in [-0.15, -0.1) is 24.8 Å². The third kappa shape index (κ3) is 18.9. The molecule has 3 saturated heterocycles. The van der Waals surface area contributed by atoms with E-state index in [2.05, 4.69) is 195 Å². The van der Waals surface area contributed by atoms with E-state index < -0.39 is 0 Å². The van der Waals surface area contributed by atoms with Crippen molar-refractivity contribution in [2.24, 2.45) is 35.5 Å². The summed E-state index contributed by atoms with van der Waals surface area (Å²) in [7, 11) is 12.5. The van der Waals surface area contributed by atoms with Crippen molar-refractivity contribution >= 4 is 79.5 Å². The van der Waals surface area contributed by atoms with Gasteiger partial charge in [0.1, 0.15) is 17.2 Å². The molecule has 0 unspecified atom stereocenters. The van der Waals surface area contributed by atoms with Gasteiger partial charge in [-0.2, -0.15) is 0 Å². The molecule has 5 aromatic carbocycles. The van der Waals surface area contributed by atoms with Crippen molar-refractivity contribution in [3.63, 3.8) is 0 Å². The van der Waals surface area contributed by atoms with Crippen LogP contribution in [-0.2, 0) is 52.0 Å². The SMILES string of the molecule is CN(C)Cc1c(OCC2CC2)ccc2c(CCC3CCN(Cc4c[nH]c5ccccc45)CC3)noc12.CN(C)Cc1c(OCC2CC2)ccc2c(CCC3CCN(Cc4c[nH]c5ccccc45)CC3)noc12.CN(C)Cc1c(OCC2CC2)ccc2c(CCC3CCNCC3)noc12.Cl.Cl. The first-order valence-electron chi connectivity index (χ1n) is 37.3. The second kappa shape index (κ2) is 34.5. The summed E-state index contributed by atoms with van der Waals surface area (Å²) in [5, 5.41) is 23.1. The van der Waals surface area contributed by atoms with Crippen LogP contribution in [0, 0.1) is 35.5 Å². The third-order valence-corrected chi connectivity index (χ3v) is 21.6. The van der Waals surface area contributed by atoms with Gasteiger partial charge in [0.15, 0.2) is 16.7 Å². The highest BCUT2D eigenvalue weighted by Gasteiger charge is 2.29. The van der Waals surface area contributed by atoms with Crippen LogP contribution in [-0.4, -0.2) is 151 Å². The fraction of sp³-hybridized carbons (Fsp3) is 0.543. The highest BCUT2D eigenvalue weighted by atomic mass is 35.5. The van der Waals surface area contributed by atoms with E-state index in [0.717, 1.165) is 204 Å². The Morgan fingerprint density at radius 3 is 1.06 bits per heavy atom. The Morgan fingerprint density at radius 1 is 0.400 bits per heavy atom. The van der Waals surface area contributed by atoms with E-state index in [1.165, 1.54) is 155 Å². The van der Waals surface area contributed by atoms with Crippen LogP contribution in [0.1, 0.15) is 141 Å². The number of benzene rings is 5. The lowest BCUT2D eigenvalue weighted by molar-refractivity contribution is 0.172. The summed E-state index contributed by atoms with van der Waals surface area (Å²) >= 11 is 0. The first-order chi connectivity index (χ1) is 48.0. The van der Waals surface area contributed by atoms with Crippen molar-refractivity contribution in [3.05, 3.63) is 142 Å². The molecule has 6 aliphatic rings. The smallest absolute Gasteiger partial charge is 0.175 e. The minimum atomic E-state index is 0. The van der Waals surface area contributed by atoms with Crippen LogP contribution >= 0.6 is 24.8 Å². The standard InChI is InChI=1S/2C30H38N4O2.C21H31N3O2.2ClH/c2*1-33(2)19-26-29(35-20-22-7-8-22)12-10-25-28(32-36-30(25)26)11-9-21-13-15-34(16-14-21)18-23-17-31-27-6-4-3-5-24(23)27;1-24(2)13-18-20(25-14-16-3-4-16)8-6-17-19(23-26-21(17)18)7-5-15-9-11-22-12-10-15;;/h2*3-6,10,12,17,21-22,31H,7-9,11,13-16,18-20H2,1-2H3;6,8,15-16,22H,3-5,7,9-14H2,1-2H3;2*1H. The number of likely N-dealkylation sites (tertiary alicyclic amines) is 2. The summed E-state index contributed by atoms with van der Waals surface area (Å²) in [6.45, 7) is 13.9. The minimum Gasteiger partial charge on any atom is -0.493 e. The zero-order valence-corrected chi connectivity index (χ0v) is 61.8. The number of H-pyrrole nitrogens is 2. The van der Waals surface area contributed by atoms with Gasteiger partial charge in [-0.3, -0.25) is 9.80 Å². The Kier molecular flexibility index (Phi) is 25.2. The minimum absolute atomic E-state index is 0. The molecule has 0 atom stereocenters. The quantitative estimate of drug-likeness (QED) is 0.0424. The van der Waals surface area contributed by atoms with Gasteiger partial charge in [0.2, 0.25) is 0 Å². The lowest BCUT2D eigenvalue weighted by atomic mass is 9.91. The Morgan fingerprint density at radius 2 is 0.730 bits per heavy atom. The van der Waals surface area contributed by atoms with Crippen molar-refractivity contribution in [2.75, 3.05) is 101 Å². The van der Waals surface area contributed by atoms with Crippen LogP contribution in [0.15, 0.2) is 111 Å². The zero-order valence-electron chi connectivity index (χ0n) is 60.2. The monoisotopic (exact) mass is 1400 g/mol. The molecule has 8 heterocycles. The molecule has 0 amide bonds. The maximum atomic E-state index is 6.18. The topological polar surface area (TPSA) is 166 Å². The highest BCUT2D eigenvalue weighted by Crippen LogP contribution is 2.40. The summed E-state index contributed by atoms with van der Waals surface area (Å²) in [4.78, 5) is 18.5. The van der Waals surface area contributed by atoms with E-state index in [4.69, 9.17) is 27.8 Å². The molecule has 0 radical (unpaired) electrons. The number of hydrogen-bond acceptors (Lipinski definition) is 15. The molecule has 538 valence electrons. The number of nitrogens with zero attached hydrogens (tertiary/aromatic N) is 8. The van der Waals surface area contributed by atoms with Crippen molar-refractivity contribution < 1.29 is 27.8 Å². The van der Waals surface area contributed by atoms with Crippen molar-refractivity contribution in [2.45, 2.75) is 148 Å². The van der Waals surface area contributed by atoms with Gasteiger partial charge in [-0.1, -0.05) is 51.9 Å². The second-order valence-electron chi connectivity index (χ2n) is 30.6. The molecular formula is C81H109Cl2N11O6. The number of para-hydroxylation sites is 2. The van der Waals surface area contributed by atoms with Crippen LogP contribution in [0.5, 0.6) is 17.2 Å². The van der Waals surface area contributed by atoms with E-state index in [1.807, 2.05) is 0 Å². The van der Waals surface area contributed by atoms with Crippen LogP contribution in [0.3, 0.4) is 0 Å². The molecule has 3 saturated carbocycles. The van der Waals surface area contributed by atoms with Crippen LogP contribution in [0.4, 0.5) is 0 Å². The number of piperidine rings is 3. The van der Waals surface area contributed by atoms with Crippen molar-refractivity contribution in [3.8, 4) is 17.2 Å². The second-order valence-corrected chi connectivity index (χ2v) is 30.6. The number of aromatic amines is 2. The van der Waals surface area contributed by atoms with Gasteiger partial charge in [-0.25, -0.2) is 0 Å². The number of fused-ring (bicyclic) bond motifs is 5. The highest BCUT2D eigenvalue weighted by molar-refractivity contribution is 5.88. The van der Waals surface area contributed by atoms with E-state index in [9.17, 15) is 0 Å². The number of halogens is 2. The first-order valence-corrected chi connectivity index (χ1v) is 37.3. The molecule has 5 aromatic heterocycles. The molecule has 3 N–H and O–H groups in total. The Balaban J connectivity index is 0.000000143. The zero-order chi connectivity index (χ0) is 66.9. The Bertz CT molecular complexity index is 3990. The molecular weight excluding hydrogens is 1290 g/mol. The molecule has 0 spiro atoms. The summed E-state index contributed by atoms with van der Waals surface area (Å²) in [6, 6.07) is 30.1. The van der Waals surface area contributed by atoms with Gasteiger partial charge >= 0.3 is 0 Å². The fourth-order valence-electron chi connectivity index (χ4n) is 15.2. The molecule has 100 heavy (non-hydrogen) atoms. The maximum absolute atomic E-state index is 6.18. The normalized spacial score (nSPS) is 17.5. The number of aromatic nitrogens is 5. The van der Waals surface area contributed by atoms with Crippen LogP contribution in [0.25, 0.3) is 54.7 Å². The van der Waals surface area contributed by atoms with Gasteiger partial charge in [0, 0.05) is 83.1 Å². The average Bonchev–Trinajstić information content (AvgIpc) is 1.63. The first kappa shape index (κ1) is 73.1. The number of hydrogen-bond donors (Lipinski definition) is 3. The Hall–Kier alpha value is -6.67. The number of aryl methyl sites for hydroxylation is 3. The van der Waals surface area contributed by atoms with Crippen LogP contribution < -0.4 is 19.5 Å². The fourth-order valence-corrected chi connectivity index (χ4v) is 15.2. The predicted octanol–water partition coefficient (Wildman–Crippen LogP) is 16.5. The summed E-state index contributed by atoms with van der Waals surface area (Å²) in [5.41, 5.74) is 14.7. The lowest BCUT2D eigenvalue weighted by Gasteiger charge is -2.31. The van der Waals surface area contributed by atoms with Gasteiger partial charge in [-0.05, 0) is 292 Å². The lowest BCUT2D eigenvalue weighted by Crippen LogP contribution is -2.33. The third-order valence-electron chi connectivity index (χ3n) is 21.6. The van der Waals surface area contributed by atoms with E-state index in [0.29, 0.717) is 0 Å². The van der Waals surface area contributed by atoms with Crippen molar-refractivity contribution in [1.82, 2.24) is 55.3 Å². The van der Waals surface area contributed by atoms with Gasteiger partial charge in [0.05, 0.1) is 53.6 Å². The Labute approximate surface area is 603 Å². The number of ether oxygens (including phenoxy) is 3. The summed E-state index contributed by atoms with van der Waals surface area (Å²) < 4.78 is 36.2. The van der Waals surface area contributed by atoms with E-state index in [1.54, 1.807) is 0 Å². The largest absolute Gasteiger partial charge is 0.493 e. The van der Waals surface area contributed by atoms with Crippen LogP contribution in [0.2, 0.25) is 0 Å². The average molecular weight is 1400 g/mol. The van der Waals surface area contributed by atoms with E-state index >= 15 is 0 Å². The van der Waals surface area contributed by atoms with Gasteiger partial charge < -0.3 is 57.8 Å². The summed E-state index contributed by atoms with van der Waals surface area (Å²) in [6.07, 6.45) is 26.2. The molecule has 3 aliphatic carbocycles. The molecule has 3 aliphatic heterocycles. The molecule has 17 nitrogen and oxygen atoms in total. The summed E-state index contributed by atoms with van der Waals surface area (Å²) in [5.74, 6) is 7.37. The molecule has 10 aromatic rings. The number of rotatable bonds is 28. The maximum Gasteiger partial charge on any atom is 0.175 e. The van der Waals surface area contributed by atoms with Crippen molar-refractivity contribution in [1.29, 1.82) is 0 Å². The van der Waals surface area contributed by atoms with E-state index in [-0.39, 0.29) is 24.8 Å².